The highest BCUT2D eigenvalue weighted by atomic mass is 35.5. The number of nitrogens with zero attached hydrogens (tertiary/aromatic N) is 2. The van der Waals surface area contributed by atoms with Crippen molar-refractivity contribution in [1.29, 1.82) is 0 Å². The van der Waals surface area contributed by atoms with E-state index in [9.17, 15) is 14.4 Å². The highest BCUT2D eigenvalue weighted by Crippen LogP contribution is 2.23. The maximum Gasteiger partial charge on any atom is 0.332 e. The zero-order valence-electron chi connectivity index (χ0n) is 14.0. The molecule has 7 heteroatoms. The molecule has 1 aromatic heterocycles. The Morgan fingerprint density at radius 3 is 2.46 bits per heavy atom. The maximum atomic E-state index is 13.0. The number of hydrogen-bond acceptors (Lipinski definition) is 3. The van der Waals surface area contributed by atoms with Crippen LogP contribution in [0.1, 0.15) is 24.9 Å². The molecule has 0 amide bonds. The number of halogens is 2. The van der Waals surface area contributed by atoms with Crippen molar-refractivity contribution in [1.82, 2.24) is 9.13 Å². The number of benzene rings is 2. The second-order valence-corrected chi connectivity index (χ2v) is 6.74. The zero-order valence-corrected chi connectivity index (χ0v) is 15.5. The summed E-state index contributed by atoms with van der Waals surface area (Å²) in [6.45, 7) is 1.85. The molecule has 1 unspecified atom stereocenters. The Morgan fingerprint density at radius 1 is 1.08 bits per heavy atom. The second-order valence-electron chi connectivity index (χ2n) is 5.92. The van der Waals surface area contributed by atoms with E-state index in [1.165, 1.54) is 4.57 Å². The lowest BCUT2D eigenvalue weighted by Gasteiger charge is -2.18. The van der Waals surface area contributed by atoms with Crippen molar-refractivity contribution in [3.8, 4) is 0 Å². The van der Waals surface area contributed by atoms with E-state index in [0.29, 0.717) is 32.9 Å². The van der Waals surface area contributed by atoms with Crippen LogP contribution in [0, 0.1) is 0 Å². The van der Waals surface area contributed by atoms with Crippen LogP contribution in [0.3, 0.4) is 0 Å². The van der Waals surface area contributed by atoms with Crippen LogP contribution in [0.2, 0.25) is 10.0 Å². The van der Waals surface area contributed by atoms with Crippen molar-refractivity contribution < 1.29 is 4.79 Å². The Balaban J connectivity index is 2.28. The monoisotopic (exact) mass is 390 g/mol. The van der Waals surface area contributed by atoms with Gasteiger partial charge in [0.05, 0.1) is 33.5 Å². The summed E-state index contributed by atoms with van der Waals surface area (Å²) < 4.78 is 2.50. The molecule has 0 saturated heterocycles. The number of carbonyl (C=O) groups is 1. The molecule has 0 bridgehead atoms. The van der Waals surface area contributed by atoms with E-state index in [1.54, 1.807) is 42.5 Å². The van der Waals surface area contributed by atoms with Gasteiger partial charge in [0, 0.05) is 0 Å². The Hall–Kier alpha value is -2.37. The van der Waals surface area contributed by atoms with Crippen LogP contribution in [0.4, 0.5) is 0 Å². The minimum absolute atomic E-state index is 0.0364. The molecule has 0 radical (unpaired) electrons. The molecule has 134 valence electrons. The standard InChI is InChI=1S/C19H16Cl2N2O3/c1-2-13(11-24)23-17-6-4-3-5-14(17)18(25)22(19(23)26)10-12-7-8-15(20)16(21)9-12/h3-9,11,13H,2,10H2,1H3. The van der Waals surface area contributed by atoms with Gasteiger partial charge in [-0.25, -0.2) is 4.79 Å². The quantitative estimate of drug-likeness (QED) is 0.624. The number of para-hydroxylation sites is 1. The van der Waals surface area contributed by atoms with E-state index in [-0.39, 0.29) is 6.54 Å². The summed E-state index contributed by atoms with van der Waals surface area (Å²) >= 11 is 12.0. The van der Waals surface area contributed by atoms with Gasteiger partial charge >= 0.3 is 5.69 Å². The minimum Gasteiger partial charge on any atom is -0.301 e. The fourth-order valence-electron chi connectivity index (χ4n) is 2.95. The number of carbonyl (C=O) groups excluding carboxylic acids is 1. The Morgan fingerprint density at radius 2 is 1.81 bits per heavy atom. The molecule has 3 rings (SSSR count). The smallest absolute Gasteiger partial charge is 0.301 e. The van der Waals surface area contributed by atoms with E-state index in [2.05, 4.69) is 0 Å². The normalized spacial score (nSPS) is 12.3. The first-order valence-corrected chi connectivity index (χ1v) is 8.86. The molecule has 2 aromatic carbocycles. The molecule has 0 aliphatic heterocycles. The molecule has 0 N–H and O–H groups in total. The van der Waals surface area contributed by atoms with Gasteiger partial charge in [0.1, 0.15) is 6.29 Å². The summed E-state index contributed by atoms with van der Waals surface area (Å²) in [6.07, 6.45) is 1.17. The Bertz CT molecular complexity index is 1100. The molecule has 1 atom stereocenters. The number of aldehydes is 1. The zero-order chi connectivity index (χ0) is 18.8. The fourth-order valence-corrected chi connectivity index (χ4v) is 3.27. The van der Waals surface area contributed by atoms with Crippen LogP contribution in [0.5, 0.6) is 0 Å². The van der Waals surface area contributed by atoms with Crippen molar-refractivity contribution in [2.75, 3.05) is 0 Å². The third-order valence-electron chi connectivity index (χ3n) is 4.31. The van der Waals surface area contributed by atoms with Gasteiger partial charge in [-0.3, -0.25) is 13.9 Å². The van der Waals surface area contributed by atoms with Gasteiger partial charge in [-0.1, -0.05) is 48.3 Å². The lowest BCUT2D eigenvalue weighted by molar-refractivity contribution is -0.110. The summed E-state index contributed by atoms with van der Waals surface area (Å²) in [7, 11) is 0. The molecule has 26 heavy (non-hydrogen) atoms. The average Bonchev–Trinajstić information content (AvgIpc) is 2.65. The van der Waals surface area contributed by atoms with Crippen molar-refractivity contribution in [2.45, 2.75) is 25.9 Å². The van der Waals surface area contributed by atoms with Crippen molar-refractivity contribution >= 4 is 40.4 Å². The predicted molar refractivity (Wildman–Crippen MR) is 103 cm³/mol. The predicted octanol–water partition coefficient (Wildman–Crippen LogP) is 3.67. The van der Waals surface area contributed by atoms with Crippen molar-refractivity contribution in [3.05, 3.63) is 78.9 Å². The first-order valence-electron chi connectivity index (χ1n) is 8.11. The molecular weight excluding hydrogens is 375 g/mol. The van der Waals surface area contributed by atoms with Crippen molar-refractivity contribution in [3.63, 3.8) is 0 Å². The van der Waals surface area contributed by atoms with Gasteiger partial charge in [-0.05, 0) is 36.2 Å². The second kappa shape index (κ2) is 7.48. The first-order chi connectivity index (χ1) is 12.5. The summed E-state index contributed by atoms with van der Waals surface area (Å²) in [5.74, 6) is 0. The Kier molecular flexibility index (Phi) is 5.30. The number of aromatic nitrogens is 2. The highest BCUT2D eigenvalue weighted by molar-refractivity contribution is 6.42. The van der Waals surface area contributed by atoms with E-state index in [1.807, 2.05) is 6.92 Å². The largest absolute Gasteiger partial charge is 0.332 e. The number of fused-ring (bicyclic) bond motifs is 1. The molecule has 0 fully saturated rings. The molecule has 3 aromatic rings. The van der Waals surface area contributed by atoms with E-state index in [4.69, 9.17) is 23.2 Å². The van der Waals surface area contributed by atoms with Crippen LogP contribution in [-0.4, -0.2) is 15.4 Å². The van der Waals surface area contributed by atoms with Crippen LogP contribution in [0.15, 0.2) is 52.1 Å². The van der Waals surface area contributed by atoms with Gasteiger partial charge in [-0.2, -0.15) is 0 Å². The van der Waals surface area contributed by atoms with Crippen LogP contribution >= 0.6 is 23.2 Å². The lowest BCUT2D eigenvalue weighted by Crippen LogP contribution is -2.42. The molecule has 0 saturated carbocycles. The molecule has 0 aliphatic rings. The van der Waals surface area contributed by atoms with Gasteiger partial charge in [0.15, 0.2) is 0 Å². The molecule has 1 heterocycles. The highest BCUT2D eigenvalue weighted by Gasteiger charge is 2.18. The average molecular weight is 391 g/mol. The van der Waals surface area contributed by atoms with Gasteiger partial charge in [0.2, 0.25) is 0 Å². The third kappa shape index (κ3) is 3.20. The molecule has 0 spiro atoms. The van der Waals surface area contributed by atoms with Crippen LogP contribution in [0.25, 0.3) is 10.9 Å². The van der Waals surface area contributed by atoms with Crippen LogP contribution in [-0.2, 0) is 11.3 Å². The van der Waals surface area contributed by atoms with Gasteiger partial charge in [-0.15, -0.1) is 0 Å². The number of rotatable bonds is 5. The Labute approximate surface area is 159 Å². The lowest BCUT2D eigenvalue weighted by atomic mass is 10.2. The summed E-state index contributed by atoms with van der Waals surface area (Å²) in [5.41, 5.74) is 0.179. The molecule has 0 aliphatic carbocycles. The molecular formula is C19H16Cl2N2O3. The van der Waals surface area contributed by atoms with E-state index in [0.717, 1.165) is 10.9 Å². The minimum atomic E-state index is -0.645. The summed E-state index contributed by atoms with van der Waals surface area (Å²) in [5, 5.41) is 1.12. The fraction of sp³-hybridized carbons (Fsp3) is 0.211. The van der Waals surface area contributed by atoms with Crippen LogP contribution < -0.4 is 11.2 Å². The van der Waals surface area contributed by atoms with E-state index < -0.39 is 17.3 Å². The third-order valence-corrected chi connectivity index (χ3v) is 5.05. The maximum absolute atomic E-state index is 13.0. The van der Waals surface area contributed by atoms with Crippen molar-refractivity contribution in [2.24, 2.45) is 0 Å². The SMILES string of the molecule is CCC(C=O)n1c(=O)n(Cc2ccc(Cl)c(Cl)c2)c(=O)c2ccccc21. The topological polar surface area (TPSA) is 61.1 Å². The first kappa shape index (κ1) is 18.4. The van der Waals surface area contributed by atoms with Gasteiger partial charge in [0.25, 0.3) is 5.56 Å². The number of hydrogen-bond donors (Lipinski definition) is 0. The molecule has 5 nitrogen and oxygen atoms in total. The van der Waals surface area contributed by atoms with E-state index >= 15 is 0 Å². The van der Waals surface area contributed by atoms with Gasteiger partial charge < -0.3 is 4.79 Å². The summed E-state index contributed by atoms with van der Waals surface area (Å²) in [4.78, 5) is 37.4. The summed E-state index contributed by atoms with van der Waals surface area (Å²) in [6, 6.07) is 11.1.